The van der Waals surface area contributed by atoms with Crippen LogP contribution >= 0.6 is 0 Å². The van der Waals surface area contributed by atoms with E-state index in [-0.39, 0.29) is 0 Å². The molecule has 1 aliphatic rings. The Bertz CT molecular complexity index is 3470. The number of hydrogen-bond acceptors (Lipinski definition) is 2. The van der Waals surface area contributed by atoms with Crippen molar-refractivity contribution in [2.24, 2.45) is 0 Å². The molecule has 2 aromatic heterocycles. The molecule has 0 saturated heterocycles. The maximum atomic E-state index is 6.74. The van der Waals surface area contributed by atoms with Gasteiger partial charge in [0.15, 0.2) is 5.58 Å². The molecule has 12 rings (SSSR count). The zero-order valence-corrected chi connectivity index (χ0v) is 33.0. The molecule has 3 heteroatoms. The number of rotatable bonds is 5. The topological polar surface area (TPSA) is 21.3 Å². The Morgan fingerprint density at radius 2 is 1.07 bits per heavy atom. The molecule has 0 N–H and O–H groups in total. The Morgan fingerprint density at radius 1 is 0.483 bits per heavy atom. The number of nitrogens with zero attached hydrogens (tertiary/aromatic N) is 2. The summed E-state index contributed by atoms with van der Waals surface area (Å²) in [5.74, 6) is 0.397. The molecule has 0 saturated carbocycles. The average molecular weight is 745 g/mol. The molecule has 276 valence electrons. The second-order valence-electron chi connectivity index (χ2n) is 16.5. The molecule has 9 aromatic carbocycles. The third kappa shape index (κ3) is 4.74. The lowest BCUT2D eigenvalue weighted by atomic mass is 9.78. The van der Waals surface area contributed by atoms with Crippen molar-refractivity contribution in [1.82, 2.24) is 4.57 Å². The molecule has 0 unspecified atom stereocenters. The van der Waals surface area contributed by atoms with Crippen LogP contribution in [0, 0.1) is 13.8 Å². The van der Waals surface area contributed by atoms with Crippen molar-refractivity contribution in [3.05, 3.63) is 180 Å². The largest absolute Gasteiger partial charge is 0.454 e. The zero-order valence-electron chi connectivity index (χ0n) is 33.0. The average Bonchev–Trinajstić information content (AvgIpc) is 3.79. The minimum atomic E-state index is 0.397. The van der Waals surface area contributed by atoms with Crippen LogP contribution in [0.5, 0.6) is 0 Å². The van der Waals surface area contributed by atoms with Crippen LogP contribution < -0.4 is 4.90 Å². The number of aromatic nitrogens is 1. The highest BCUT2D eigenvalue weighted by molar-refractivity contribution is 6.14. The molecule has 0 atom stereocenters. The minimum absolute atomic E-state index is 0.397. The van der Waals surface area contributed by atoms with Crippen molar-refractivity contribution >= 4 is 82.4 Å². The predicted octanol–water partition coefficient (Wildman–Crippen LogP) is 15.8. The van der Waals surface area contributed by atoms with Crippen LogP contribution in [-0.4, -0.2) is 4.57 Å². The van der Waals surface area contributed by atoms with Gasteiger partial charge >= 0.3 is 0 Å². The molecule has 0 bridgehead atoms. The summed E-state index contributed by atoms with van der Waals surface area (Å²) >= 11 is 0. The second kappa shape index (κ2) is 12.2. The Balaban J connectivity index is 1.02. The first-order valence-corrected chi connectivity index (χ1v) is 20.4. The quantitative estimate of drug-likeness (QED) is 0.175. The van der Waals surface area contributed by atoms with Crippen LogP contribution in [-0.2, 0) is 0 Å². The van der Waals surface area contributed by atoms with Gasteiger partial charge in [-0.05, 0) is 153 Å². The van der Waals surface area contributed by atoms with Crippen molar-refractivity contribution in [1.29, 1.82) is 0 Å². The molecule has 0 amide bonds. The van der Waals surface area contributed by atoms with E-state index in [1.54, 1.807) is 0 Å². The smallest absolute Gasteiger partial charge is 0.159 e. The van der Waals surface area contributed by atoms with E-state index >= 15 is 0 Å². The Kier molecular flexibility index (Phi) is 6.96. The first-order valence-electron chi connectivity index (χ1n) is 20.4. The minimum Gasteiger partial charge on any atom is -0.454 e. The first-order chi connectivity index (χ1) is 28.4. The van der Waals surface area contributed by atoms with Gasteiger partial charge in [-0.2, -0.15) is 0 Å². The molecule has 58 heavy (non-hydrogen) atoms. The van der Waals surface area contributed by atoms with Crippen LogP contribution in [0.4, 0.5) is 17.1 Å². The molecule has 0 fully saturated rings. The maximum Gasteiger partial charge on any atom is 0.159 e. The Hall–Kier alpha value is -7.10. The molecule has 3 nitrogen and oxygen atoms in total. The molecule has 2 heterocycles. The lowest BCUT2D eigenvalue weighted by Crippen LogP contribution is -2.13. The lowest BCUT2D eigenvalue weighted by molar-refractivity contribution is 0.668. The van der Waals surface area contributed by atoms with Crippen LogP contribution in [0.25, 0.3) is 93.2 Å². The van der Waals surface area contributed by atoms with Crippen molar-refractivity contribution in [2.45, 2.75) is 33.6 Å². The maximum absolute atomic E-state index is 6.74. The van der Waals surface area contributed by atoms with Gasteiger partial charge in [-0.1, -0.05) is 105 Å². The summed E-state index contributed by atoms with van der Waals surface area (Å²) in [5.41, 5.74) is 17.8. The van der Waals surface area contributed by atoms with E-state index in [4.69, 9.17) is 4.42 Å². The Morgan fingerprint density at radius 3 is 1.76 bits per heavy atom. The summed E-state index contributed by atoms with van der Waals surface area (Å²) in [6, 6.07) is 60.6. The van der Waals surface area contributed by atoms with Crippen molar-refractivity contribution in [3.8, 4) is 27.9 Å². The molecular formula is C55H40N2O. The number of furan rings is 1. The number of hydrogen-bond donors (Lipinski definition) is 0. The van der Waals surface area contributed by atoms with Gasteiger partial charge in [-0.15, -0.1) is 0 Å². The molecule has 1 aliphatic carbocycles. The van der Waals surface area contributed by atoms with Gasteiger partial charge < -0.3 is 13.9 Å². The fraction of sp³-hybridized carbons (Fsp3) is 0.0909. The number of aryl methyl sites for hydroxylation is 2. The zero-order chi connectivity index (χ0) is 38.8. The van der Waals surface area contributed by atoms with Crippen molar-refractivity contribution < 1.29 is 4.42 Å². The normalized spacial score (nSPS) is 12.3. The van der Waals surface area contributed by atoms with Gasteiger partial charge in [0.2, 0.25) is 0 Å². The number of fused-ring (bicyclic) bond motifs is 12. The van der Waals surface area contributed by atoms with Gasteiger partial charge in [0.25, 0.3) is 0 Å². The monoisotopic (exact) mass is 744 g/mol. The van der Waals surface area contributed by atoms with E-state index in [1.165, 1.54) is 93.7 Å². The SMILES string of the molecule is Cc1ccc(C(C)C)cc1N(c1ccc2cc3c(cc2c1)-c1cc2cc(-n4c5ccccc5c5ccccc54)ccc2cc1-3)c1c(C)ccc2c1oc1ccccc12. The van der Waals surface area contributed by atoms with Crippen LogP contribution in [0.1, 0.15) is 36.5 Å². The molecule has 0 radical (unpaired) electrons. The highest BCUT2D eigenvalue weighted by Crippen LogP contribution is 2.52. The van der Waals surface area contributed by atoms with Gasteiger partial charge in [0.1, 0.15) is 5.58 Å². The second-order valence-corrected chi connectivity index (χ2v) is 16.5. The van der Waals surface area contributed by atoms with Crippen molar-refractivity contribution in [3.63, 3.8) is 0 Å². The summed E-state index contributed by atoms with van der Waals surface area (Å²) in [5, 5.41) is 9.79. The first kappa shape index (κ1) is 33.1. The summed E-state index contributed by atoms with van der Waals surface area (Å²) in [7, 11) is 0. The fourth-order valence-corrected chi connectivity index (χ4v) is 9.64. The van der Waals surface area contributed by atoms with E-state index < -0.39 is 0 Å². The van der Waals surface area contributed by atoms with Crippen LogP contribution in [0.3, 0.4) is 0 Å². The van der Waals surface area contributed by atoms with Crippen LogP contribution in [0.15, 0.2) is 168 Å². The summed E-state index contributed by atoms with van der Waals surface area (Å²) in [4.78, 5) is 2.44. The van der Waals surface area contributed by atoms with Gasteiger partial charge in [0.05, 0.1) is 16.7 Å². The lowest BCUT2D eigenvalue weighted by Gasteiger charge is -2.30. The number of anilines is 3. The standard InChI is InChI=1S/C55H40N2O/c1-32(2)35-19-17-33(3)52(31-35)57(54-34(4)18-24-45-44-13-7-10-16-53(44)58-55(45)54)41-23-21-37-28-47-46-27-36-20-22-40(25-38(36)29-48(46)49(47)30-39(37)26-41)56-50-14-8-5-11-42(50)43-12-6-9-15-51(43)56/h5-32H,1-4H3. The summed E-state index contributed by atoms with van der Waals surface area (Å²) in [6.07, 6.45) is 0. The summed E-state index contributed by atoms with van der Waals surface area (Å²) in [6.45, 7) is 8.96. The third-order valence-electron chi connectivity index (χ3n) is 12.7. The molecule has 0 aliphatic heterocycles. The van der Waals surface area contributed by atoms with E-state index in [9.17, 15) is 0 Å². The summed E-state index contributed by atoms with van der Waals surface area (Å²) < 4.78 is 9.15. The number of para-hydroxylation sites is 3. The van der Waals surface area contributed by atoms with Crippen LogP contribution in [0.2, 0.25) is 0 Å². The van der Waals surface area contributed by atoms with E-state index in [0.717, 1.165) is 33.3 Å². The van der Waals surface area contributed by atoms with Gasteiger partial charge in [-0.3, -0.25) is 0 Å². The third-order valence-corrected chi connectivity index (χ3v) is 12.7. The molecule has 11 aromatic rings. The Labute approximate surface area is 337 Å². The van der Waals surface area contributed by atoms with E-state index in [1.807, 2.05) is 0 Å². The fourth-order valence-electron chi connectivity index (χ4n) is 9.64. The molecular weight excluding hydrogens is 705 g/mol. The van der Waals surface area contributed by atoms with E-state index in [0.29, 0.717) is 5.92 Å². The van der Waals surface area contributed by atoms with Crippen molar-refractivity contribution in [2.75, 3.05) is 4.90 Å². The predicted molar refractivity (Wildman–Crippen MR) is 246 cm³/mol. The van der Waals surface area contributed by atoms with Gasteiger partial charge in [-0.25, -0.2) is 0 Å². The number of benzene rings is 9. The van der Waals surface area contributed by atoms with E-state index in [2.05, 4.69) is 201 Å². The van der Waals surface area contributed by atoms with Gasteiger partial charge in [0, 0.05) is 38.6 Å². The molecule has 0 spiro atoms. The highest BCUT2D eigenvalue weighted by Gasteiger charge is 2.27. The highest BCUT2D eigenvalue weighted by atomic mass is 16.3.